The number of benzene rings is 2. The van der Waals surface area contributed by atoms with Crippen molar-refractivity contribution in [1.29, 1.82) is 0 Å². The molecule has 1 atom stereocenters. The van der Waals surface area contributed by atoms with Crippen molar-refractivity contribution < 1.29 is 9.13 Å². The van der Waals surface area contributed by atoms with Crippen molar-refractivity contribution in [2.45, 2.75) is 165 Å². The maximum Gasteiger partial charge on any atom is 0.220 e. The lowest BCUT2D eigenvalue weighted by Crippen LogP contribution is -2.35. The zero-order chi connectivity index (χ0) is 57.2. The van der Waals surface area contributed by atoms with E-state index in [4.69, 9.17) is 15.5 Å². The molecule has 416 valence electrons. The van der Waals surface area contributed by atoms with E-state index in [-0.39, 0.29) is 11.9 Å². The Morgan fingerprint density at radius 2 is 1.29 bits per heavy atom. The van der Waals surface area contributed by atoms with Gasteiger partial charge in [0, 0.05) is 72.2 Å². The van der Waals surface area contributed by atoms with Crippen LogP contribution in [0.25, 0.3) is 29.9 Å². The van der Waals surface area contributed by atoms with Gasteiger partial charge in [0.15, 0.2) is 11.6 Å². The molecule has 3 aromatic heterocycles. The van der Waals surface area contributed by atoms with Crippen LogP contribution in [0.1, 0.15) is 189 Å². The molecule has 1 aliphatic heterocycles. The number of halogens is 1. The molecule has 6 rings (SSSR count). The molecule has 0 saturated carbocycles. The average molecular weight is 1050 g/mol. The topological polar surface area (TPSA) is 116 Å². The zero-order valence-electron chi connectivity index (χ0n) is 49.0. The second kappa shape index (κ2) is 42.1. The Kier molecular flexibility index (Phi) is 37.1. The maximum absolute atomic E-state index is 14.6. The number of hydrogen-bond acceptors (Lipinski definition) is 9. The van der Waals surface area contributed by atoms with Gasteiger partial charge in [0.25, 0.3) is 0 Å². The van der Waals surface area contributed by atoms with Gasteiger partial charge in [-0.15, -0.1) is 19.7 Å². The van der Waals surface area contributed by atoms with Crippen LogP contribution in [-0.4, -0.2) is 43.6 Å². The van der Waals surface area contributed by atoms with E-state index in [0.717, 1.165) is 121 Å². The average Bonchev–Trinajstić information content (AvgIpc) is 3.46. The summed E-state index contributed by atoms with van der Waals surface area (Å²) in [5, 5.41) is 0. The minimum Gasteiger partial charge on any atom is -0.496 e. The first kappa shape index (κ1) is 67.9. The summed E-state index contributed by atoms with van der Waals surface area (Å²) < 4.78 is 20.1. The van der Waals surface area contributed by atoms with Crippen molar-refractivity contribution in [2.75, 3.05) is 24.3 Å². The molecule has 0 aliphatic carbocycles. The second-order valence-electron chi connectivity index (χ2n) is 17.9. The van der Waals surface area contributed by atoms with E-state index in [1.165, 1.54) is 32.1 Å². The number of unbranched alkanes of at least 4 members (excludes halogenated alkanes) is 6. The molecule has 0 unspecified atom stereocenters. The van der Waals surface area contributed by atoms with Crippen LogP contribution >= 0.6 is 0 Å². The van der Waals surface area contributed by atoms with Gasteiger partial charge in [-0.05, 0) is 118 Å². The highest BCUT2D eigenvalue weighted by Gasteiger charge is 2.27. The number of aryl methyl sites for hydroxylation is 2. The fourth-order valence-electron chi connectivity index (χ4n) is 7.81. The van der Waals surface area contributed by atoms with E-state index >= 15 is 0 Å². The predicted molar refractivity (Wildman–Crippen MR) is 333 cm³/mol. The Balaban J connectivity index is 0.000000548. The SMILES string of the molecule is C=CCC/C=C\CCC.C=CCC/C=C\CCC.C=CCCC.C=Cc1cc(Cc2cnc(N)nc2CC)cc(OC)c1C=C.CC.CCC/C=C\c1cc(N2CCc3nc(-c4ncccn4)ncc3[C@H]2C)cc(C)c1F. The van der Waals surface area contributed by atoms with Gasteiger partial charge in [0.1, 0.15) is 11.6 Å². The molecule has 0 spiro atoms. The molecule has 2 N–H and O–H groups in total. The minimum atomic E-state index is -0.146. The Bertz CT molecular complexity index is 2540. The molecule has 4 heterocycles. The third-order valence-electron chi connectivity index (χ3n) is 11.9. The minimum absolute atomic E-state index is 0.0943. The monoisotopic (exact) mass is 1050 g/mol. The summed E-state index contributed by atoms with van der Waals surface area (Å²) in [5.74, 6) is 2.04. The number of methoxy groups -OCH3 is 1. The summed E-state index contributed by atoms with van der Waals surface area (Å²) >= 11 is 0. The van der Waals surface area contributed by atoms with Gasteiger partial charge in [0.05, 0.1) is 18.8 Å². The standard InChI is InChI=1S/C24H26FN5.C18H21N3O.2C9H16.C5H10.C2H6/c1-4-5-6-8-18-14-19(13-16(2)22(18)25)30-12-9-21-20(17(30)3)15-28-24(29-21)23-26-10-7-11-27-23;1-5-13-8-12(10-17(22-4)15(13)6-2)9-14-11-20-18(19)21-16(14)7-3;2*1-3-5-7-9-8-6-4-2;1-3-5-4-2;1-2/h6-8,10-11,13-15,17H,4-5,9,12H2,1-3H3;5-6,8,10-11H,1-2,7,9H2,3-4H3,(H2,19,20,21);2*3,8-9H,1,4-7H2,2H3;3H,1,4-5H2,2H3;1-2H3/b8-6-;;2*9-8-;;/t17-;;;;;/m1...../s1. The predicted octanol–water partition coefficient (Wildman–Crippen LogP) is 18.4. The first-order chi connectivity index (χ1) is 37.4. The number of fused-ring (bicyclic) bond motifs is 1. The second-order valence-corrected chi connectivity index (χ2v) is 17.9. The molecule has 1 aliphatic rings. The number of aromatic nitrogens is 6. The zero-order valence-corrected chi connectivity index (χ0v) is 49.0. The number of nitrogen functional groups attached to an aromatic ring is 1. The number of anilines is 2. The smallest absolute Gasteiger partial charge is 0.220 e. The number of nitrogens with two attached hydrogens (primary N) is 1. The highest BCUT2D eigenvalue weighted by atomic mass is 19.1. The van der Waals surface area contributed by atoms with Crippen molar-refractivity contribution in [2.24, 2.45) is 0 Å². The Morgan fingerprint density at radius 1 is 0.688 bits per heavy atom. The first-order valence-corrected chi connectivity index (χ1v) is 28.0. The van der Waals surface area contributed by atoms with Crippen LogP contribution in [0, 0.1) is 12.7 Å². The number of allylic oxidation sites excluding steroid dienone is 8. The normalized spacial score (nSPS) is 12.2. The fourth-order valence-corrected chi connectivity index (χ4v) is 7.81. The lowest BCUT2D eigenvalue weighted by Gasteiger charge is -2.36. The molecule has 0 bridgehead atoms. The van der Waals surface area contributed by atoms with Gasteiger partial charge in [-0.1, -0.05) is 160 Å². The third kappa shape index (κ3) is 25.1. The van der Waals surface area contributed by atoms with Crippen LogP contribution in [0.5, 0.6) is 5.75 Å². The lowest BCUT2D eigenvalue weighted by atomic mass is 9.97. The molecule has 77 heavy (non-hydrogen) atoms. The van der Waals surface area contributed by atoms with Gasteiger partial charge < -0.3 is 15.4 Å². The molecule has 0 fully saturated rings. The first-order valence-electron chi connectivity index (χ1n) is 28.0. The van der Waals surface area contributed by atoms with Crippen molar-refractivity contribution >= 4 is 29.9 Å². The summed E-state index contributed by atoms with van der Waals surface area (Å²) in [6.45, 7) is 38.0. The summed E-state index contributed by atoms with van der Waals surface area (Å²) in [5.41, 5.74) is 15.2. The van der Waals surface area contributed by atoms with E-state index in [9.17, 15) is 4.39 Å². The summed E-state index contributed by atoms with van der Waals surface area (Å²) in [4.78, 5) is 28.4. The summed E-state index contributed by atoms with van der Waals surface area (Å²) in [6, 6.07) is 9.85. The van der Waals surface area contributed by atoms with E-state index in [2.05, 4.69) is 135 Å². The molecular weight excluding hydrogens is 952 g/mol. The number of hydrogen-bond donors (Lipinski definition) is 1. The Labute approximate surface area is 466 Å². The van der Waals surface area contributed by atoms with Crippen molar-refractivity contribution in [3.05, 3.63) is 193 Å². The number of rotatable bonds is 23. The maximum atomic E-state index is 14.6. The van der Waals surface area contributed by atoms with Gasteiger partial charge >= 0.3 is 0 Å². The molecule has 10 heteroatoms. The van der Waals surface area contributed by atoms with Crippen LogP contribution in [0.3, 0.4) is 0 Å². The summed E-state index contributed by atoms with van der Waals surface area (Å²) in [7, 11) is 1.66. The van der Waals surface area contributed by atoms with Crippen LogP contribution in [-0.2, 0) is 19.3 Å². The Hall–Kier alpha value is -7.07. The van der Waals surface area contributed by atoms with Crippen molar-refractivity contribution in [1.82, 2.24) is 29.9 Å². The third-order valence-corrected chi connectivity index (χ3v) is 11.9. The van der Waals surface area contributed by atoms with Gasteiger partial charge in [-0.3, -0.25) is 0 Å². The van der Waals surface area contributed by atoms with E-state index < -0.39 is 0 Å². The van der Waals surface area contributed by atoms with Gasteiger partial charge in [-0.2, -0.15) is 0 Å². The van der Waals surface area contributed by atoms with E-state index in [1.807, 2.05) is 81.6 Å². The molecule has 2 aromatic carbocycles. The fraction of sp³-hybridized carbons (Fsp3) is 0.403. The van der Waals surface area contributed by atoms with E-state index in [0.29, 0.717) is 28.7 Å². The largest absolute Gasteiger partial charge is 0.496 e. The summed E-state index contributed by atoms with van der Waals surface area (Å²) in [6.07, 6.45) is 45.5. The Morgan fingerprint density at radius 3 is 1.82 bits per heavy atom. The highest BCUT2D eigenvalue weighted by Crippen LogP contribution is 2.35. The molecule has 0 amide bonds. The van der Waals surface area contributed by atoms with Crippen molar-refractivity contribution in [3.8, 4) is 17.4 Å². The van der Waals surface area contributed by atoms with Crippen LogP contribution in [0.15, 0.2) is 137 Å². The molecule has 0 radical (unpaired) electrons. The van der Waals surface area contributed by atoms with Gasteiger partial charge in [0.2, 0.25) is 5.95 Å². The number of ether oxygens (including phenoxy) is 1. The van der Waals surface area contributed by atoms with Crippen LogP contribution in [0.2, 0.25) is 0 Å². The van der Waals surface area contributed by atoms with Crippen molar-refractivity contribution in [3.63, 3.8) is 0 Å². The quantitative estimate of drug-likeness (QED) is 0.0504. The van der Waals surface area contributed by atoms with Crippen LogP contribution < -0.4 is 15.4 Å². The van der Waals surface area contributed by atoms with Gasteiger partial charge in [-0.25, -0.2) is 34.3 Å². The number of nitrogens with zero attached hydrogens (tertiary/aromatic N) is 7. The highest BCUT2D eigenvalue weighted by molar-refractivity contribution is 5.70. The van der Waals surface area contributed by atoms with Crippen LogP contribution in [0.4, 0.5) is 16.0 Å². The molecule has 5 aromatic rings. The molecular formula is C67H95FN8O. The molecule has 0 saturated heterocycles. The van der Waals surface area contributed by atoms with E-state index in [1.54, 1.807) is 37.8 Å². The lowest BCUT2D eigenvalue weighted by molar-refractivity contribution is 0.413. The molecule has 9 nitrogen and oxygen atoms in total.